The van der Waals surface area contributed by atoms with Crippen LogP contribution < -0.4 is 10.9 Å². The van der Waals surface area contributed by atoms with Crippen LogP contribution >= 0.6 is 11.3 Å². The Balaban J connectivity index is 1.69. The zero-order valence-corrected chi connectivity index (χ0v) is 13.0. The third-order valence-electron chi connectivity index (χ3n) is 3.64. The first-order valence-electron chi connectivity index (χ1n) is 7.15. The summed E-state index contributed by atoms with van der Waals surface area (Å²) in [6, 6.07) is 2.91. The Kier molecular flexibility index (Phi) is 4.19. The van der Waals surface area contributed by atoms with Crippen molar-refractivity contribution in [1.29, 1.82) is 0 Å². The van der Waals surface area contributed by atoms with Gasteiger partial charge < -0.3 is 4.90 Å². The van der Waals surface area contributed by atoms with Crippen LogP contribution in [0.5, 0.6) is 0 Å². The van der Waals surface area contributed by atoms with Crippen LogP contribution in [0.15, 0.2) is 29.3 Å². The van der Waals surface area contributed by atoms with E-state index in [2.05, 4.69) is 15.4 Å². The maximum atomic E-state index is 12.4. The van der Waals surface area contributed by atoms with E-state index in [4.69, 9.17) is 0 Å². The minimum absolute atomic E-state index is 0.0198. The van der Waals surface area contributed by atoms with E-state index in [1.807, 2.05) is 6.92 Å². The summed E-state index contributed by atoms with van der Waals surface area (Å²) < 4.78 is 1.41. The summed E-state index contributed by atoms with van der Waals surface area (Å²) in [6.07, 6.45) is 5.11. The highest BCUT2D eigenvalue weighted by Gasteiger charge is 2.29. The monoisotopic (exact) mass is 319 g/mol. The zero-order chi connectivity index (χ0) is 15.5. The van der Waals surface area contributed by atoms with Crippen LogP contribution in [0.2, 0.25) is 0 Å². The molecule has 0 aliphatic carbocycles. The summed E-state index contributed by atoms with van der Waals surface area (Å²) >= 11 is 1.45. The largest absolute Gasteiger partial charge is 0.323 e. The second-order valence-electron chi connectivity index (χ2n) is 5.24. The number of anilines is 1. The third-order valence-corrected chi connectivity index (χ3v) is 4.47. The molecule has 1 atom stereocenters. The SMILES string of the molecule is Cc1cnc(NC(=O)N2CCCC2Cn2ncccc2=O)s1. The van der Waals surface area contributed by atoms with Gasteiger partial charge in [0.25, 0.3) is 5.56 Å². The average Bonchev–Trinajstić information content (AvgIpc) is 3.10. The van der Waals surface area contributed by atoms with Gasteiger partial charge in [-0.15, -0.1) is 11.3 Å². The molecule has 0 aromatic carbocycles. The van der Waals surface area contributed by atoms with Crippen LogP contribution in [0.1, 0.15) is 17.7 Å². The molecule has 2 amide bonds. The molecule has 7 nitrogen and oxygen atoms in total. The van der Waals surface area contributed by atoms with Gasteiger partial charge in [0.15, 0.2) is 5.13 Å². The summed E-state index contributed by atoms with van der Waals surface area (Å²) in [4.78, 5) is 31.1. The molecule has 8 heteroatoms. The normalized spacial score (nSPS) is 17.7. The molecular weight excluding hydrogens is 302 g/mol. The Morgan fingerprint density at radius 1 is 1.55 bits per heavy atom. The fraction of sp³-hybridized carbons (Fsp3) is 0.429. The number of rotatable bonds is 3. The van der Waals surface area contributed by atoms with Gasteiger partial charge in [-0.1, -0.05) is 0 Å². The highest BCUT2D eigenvalue weighted by Crippen LogP contribution is 2.21. The molecule has 1 aliphatic rings. The summed E-state index contributed by atoms with van der Waals surface area (Å²) in [5.41, 5.74) is -0.148. The lowest BCUT2D eigenvalue weighted by Gasteiger charge is -2.24. The number of urea groups is 1. The van der Waals surface area contributed by atoms with Crippen LogP contribution in [0.25, 0.3) is 0 Å². The summed E-state index contributed by atoms with van der Waals surface area (Å²) in [5, 5.41) is 7.48. The van der Waals surface area contributed by atoms with Crippen molar-refractivity contribution in [2.24, 2.45) is 0 Å². The zero-order valence-electron chi connectivity index (χ0n) is 12.2. The number of nitrogens with zero attached hydrogens (tertiary/aromatic N) is 4. The molecule has 22 heavy (non-hydrogen) atoms. The van der Waals surface area contributed by atoms with Crippen molar-refractivity contribution in [3.05, 3.63) is 39.8 Å². The van der Waals surface area contributed by atoms with E-state index in [-0.39, 0.29) is 17.6 Å². The molecule has 3 heterocycles. The van der Waals surface area contributed by atoms with E-state index in [0.717, 1.165) is 17.7 Å². The Bertz CT molecular complexity index is 726. The van der Waals surface area contributed by atoms with Gasteiger partial charge in [0.2, 0.25) is 0 Å². The minimum atomic E-state index is -0.166. The molecule has 3 rings (SSSR count). The van der Waals surface area contributed by atoms with Gasteiger partial charge in [-0.3, -0.25) is 10.1 Å². The first kappa shape index (κ1) is 14.7. The predicted octanol–water partition coefficient (Wildman–Crippen LogP) is 1.70. The number of amides is 2. The highest BCUT2D eigenvalue weighted by atomic mass is 32.1. The fourth-order valence-electron chi connectivity index (χ4n) is 2.59. The quantitative estimate of drug-likeness (QED) is 0.934. The molecule has 1 aliphatic heterocycles. The fourth-order valence-corrected chi connectivity index (χ4v) is 3.25. The standard InChI is InChI=1S/C14H17N5O2S/c1-10-8-15-13(22-10)17-14(21)18-7-3-4-11(18)9-19-12(20)5-2-6-16-19/h2,5-6,8,11H,3-4,7,9H2,1H3,(H,15,17,21). The van der Waals surface area contributed by atoms with Crippen molar-refractivity contribution in [2.45, 2.75) is 32.4 Å². The highest BCUT2D eigenvalue weighted by molar-refractivity contribution is 7.15. The lowest BCUT2D eigenvalue weighted by Crippen LogP contribution is -2.42. The van der Waals surface area contributed by atoms with Gasteiger partial charge >= 0.3 is 6.03 Å². The van der Waals surface area contributed by atoms with Crippen molar-refractivity contribution in [3.63, 3.8) is 0 Å². The molecule has 0 bridgehead atoms. The smallest absolute Gasteiger partial charge is 0.320 e. The van der Waals surface area contributed by atoms with E-state index >= 15 is 0 Å². The second kappa shape index (κ2) is 6.27. The Morgan fingerprint density at radius 2 is 2.41 bits per heavy atom. The van der Waals surface area contributed by atoms with Gasteiger partial charge in [-0.2, -0.15) is 5.10 Å². The van der Waals surface area contributed by atoms with Crippen molar-refractivity contribution < 1.29 is 4.79 Å². The van der Waals surface area contributed by atoms with Crippen LogP contribution in [0.4, 0.5) is 9.93 Å². The van der Waals surface area contributed by atoms with Gasteiger partial charge in [-0.05, 0) is 25.8 Å². The molecule has 1 saturated heterocycles. The average molecular weight is 319 g/mol. The molecule has 0 radical (unpaired) electrons. The molecule has 1 unspecified atom stereocenters. The van der Waals surface area contributed by atoms with Gasteiger partial charge in [0.05, 0.1) is 12.6 Å². The number of nitrogens with one attached hydrogen (secondary N) is 1. The van der Waals surface area contributed by atoms with Crippen LogP contribution in [-0.2, 0) is 6.54 Å². The van der Waals surface area contributed by atoms with E-state index in [0.29, 0.717) is 18.2 Å². The molecule has 2 aromatic rings. The Labute approximate surface area is 131 Å². The number of aromatic nitrogens is 3. The summed E-state index contributed by atoms with van der Waals surface area (Å²) in [6.45, 7) is 3.05. The number of likely N-dealkylation sites (tertiary alicyclic amines) is 1. The Hall–Kier alpha value is -2.22. The molecule has 2 aromatic heterocycles. The maximum absolute atomic E-state index is 12.4. The number of thiazole rings is 1. The number of carbonyl (C=O) groups excluding carboxylic acids is 1. The summed E-state index contributed by atoms with van der Waals surface area (Å²) in [5.74, 6) is 0. The molecule has 1 N–H and O–H groups in total. The lowest BCUT2D eigenvalue weighted by molar-refractivity contribution is 0.199. The maximum Gasteiger partial charge on any atom is 0.323 e. The van der Waals surface area contributed by atoms with Gasteiger partial charge in [0, 0.05) is 29.9 Å². The second-order valence-corrected chi connectivity index (χ2v) is 6.47. The van der Waals surface area contributed by atoms with Crippen molar-refractivity contribution in [3.8, 4) is 0 Å². The van der Waals surface area contributed by atoms with Crippen LogP contribution in [0.3, 0.4) is 0 Å². The van der Waals surface area contributed by atoms with Crippen LogP contribution in [0, 0.1) is 6.92 Å². The molecule has 0 saturated carbocycles. The van der Waals surface area contributed by atoms with E-state index in [9.17, 15) is 9.59 Å². The van der Waals surface area contributed by atoms with Gasteiger partial charge in [0.1, 0.15) is 0 Å². The number of hydrogen-bond donors (Lipinski definition) is 1. The van der Waals surface area contributed by atoms with Crippen molar-refractivity contribution in [2.75, 3.05) is 11.9 Å². The first-order chi connectivity index (χ1) is 10.6. The summed E-state index contributed by atoms with van der Waals surface area (Å²) in [7, 11) is 0. The topological polar surface area (TPSA) is 80.1 Å². The van der Waals surface area contributed by atoms with Crippen molar-refractivity contribution in [1.82, 2.24) is 19.7 Å². The van der Waals surface area contributed by atoms with Crippen LogP contribution in [-0.4, -0.2) is 38.3 Å². The number of carbonyl (C=O) groups is 1. The third kappa shape index (κ3) is 3.16. The van der Waals surface area contributed by atoms with E-state index in [1.54, 1.807) is 23.4 Å². The molecule has 0 spiro atoms. The van der Waals surface area contributed by atoms with Gasteiger partial charge in [-0.25, -0.2) is 14.5 Å². The minimum Gasteiger partial charge on any atom is -0.320 e. The molecular formula is C14H17N5O2S. The molecule has 116 valence electrons. The first-order valence-corrected chi connectivity index (χ1v) is 7.97. The molecule has 1 fully saturated rings. The number of aryl methyl sites for hydroxylation is 1. The predicted molar refractivity (Wildman–Crippen MR) is 84.1 cm³/mol. The Morgan fingerprint density at radius 3 is 3.14 bits per heavy atom. The number of hydrogen-bond acceptors (Lipinski definition) is 5. The van der Waals surface area contributed by atoms with E-state index < -0.39 is 0 Å². The van der Waals surface area contributed by atoms with Crippen molar-refractivity contribution >= 4 is 22.5 Å². The van der Waals surface area contributed by atoms with E-state index in [1.165, 1.54) is 22.1 Å². The lowest BCUT2D eigenvalue weighted by atomic mass is 10.2.